The van der Waals surface area contributed by atoms with Crippen LogP contribution >= 0.6 is 0 Å². The van der Waals surface area contributed by atoms with Crippen LogP contribution in [0.1, 0.15) is 24.1 Å². The van der Waals surface area contributed by atoms with Gasteiger partial charge in [-0.15, -0.1) is 0 Å². The van der Waals surface area contributed by atoms with Gasteiger partial charge in [0.2, 0.25) is 0 Å². The Kier molecular flexibility index (Phi) is 4.59. The lowest BCUT2D eigenvalue weighted by Crippen LogP contribution is -2.36. The van der Waals surface area contributed by atoms with Gasteiger partial charge < -0.3 is 4.90 Å². The molecule has 0 saturated heterocycles. The van der Waals surface area contributed by atoms with Crippen molar-refractivity contribution < 1.29 is 4.79 Å². The number of urea groups is 1. The number of nitrogens with zero attached hydrogens (tertiary/aromatic N) is 5. The minimum Gasteiger partial charge on any atom is -0.317 e. The van der Waals surface area contributed by atoms with Crippen molar-refractivity contribution in [1.29, 1.82) is 0 Å². The maximum atomic E-state index is 12.7. The van der Waals surface area contributed by atoms with E-state index >= 15 is 0 Å². The van der Waals surface area contributed by atoms with Gasteiger partial charge in [-0.05, 0) is 42.7 Å². The first kappa shape index (κ1) is 16.3. The maximum Gasteiger partial charge on any atom is 0.323 e. The summed E-state index contributed by atoms with van der Waals surface area (Å²) in [7, 11) is 0. The fourth-order valence-corrected chi connectivity index (χ4v) is 2.79. The van der Waals surface area contributed by atoms with Gasteiger partial charge in [-0.2, -0.15) is 5.10 Å². The van der Waals surface area contributed by atoms with E-state index in [1.54, 1.807) is 29.3 Å². The summed E-state index contributed by atoms with van der Waals surface area (Å²) in [6.07, 6.45) is 9.19. The van der Waals surface area contributed by atoms with Crippen molar-refractivity contribution in [3.05, 3.63) is 72.4 Å². The third kappa shape index (κ3) is 4.05. The predicted molar refractivity (Wildman–Crippen MR) is 97.4 cm³/mol. The number of carbonyl (C=O) groups is 1. The van der Waals surface area contributed by atoms with Crippen molar-refractivity contribution >= 4 is 11.8 Å². The molecule has 7 heteroatoms. The van der Waals surface area contributed by atoms with Crippen LogP contribution in [0.25, 0.3) is 0 Å². The molecule has 1 aliphatic carbocycles. The third-order valence-corrected chi connectivity index (χ3v) is 4.28. The Hall–Kier alpha value is -3.22. The Balaban J connectivity index is 1.40. The molecule has 0 atom stereocenters. The molecule has 0 radical (unpaired) electrons. The van der Waals surface area contributed by atoms with E-state index in [4.69, 9.17) is 0 Å². The summed E-state index contributed by atoms with van der Waals surface area (Å²) in [5.74, 6) is 0.548. The largest absolute Gasteiger partial charge is 0.323 e. The van der Waals surface area contributed by atoms with Crippen LogP contribution in [0.5, 0.6) is 0 Å². The van der Waals surface area contributed by atoms with E-state index in [2.05, 4.69) is 20.4 Å². The van der Waals surface area contributed by atoms with Crippen molar-refractivity contribution in [2.75, 3.05) is 5.32 Å². The zero-order chi connectivity index (χ0) is 17.8. The Labute approximate surface area is 151 Å². The predicted octanol–water partition coefficient (Wildman–Crippen LogP) is 2.92. The molecule has 3 aromatic rings. The number of hydrogen-bond acceptors (Lipinski definition) is 4. The number of anilines is 1. The van der Waals surface area contributed by atoms with Crippen LogP contribution in [0.15, 0.2) is 61.2 Å². The fourth-order valence-electron chi connectivity index (χ4n) is 2.79. The smallest absolute Gasteiger partial charge is 0.317 e. The molecule has 1 saturated carbocycles. The lowest BCUT2D eigenvalue weighted by atomic mass is 10.2. The molecule has 132 valence electrons. The van der Waals surface area contributed by atoms with Crippen molar-refractivity contribution in [3.63, 3.8) is 0 Å². The maximum absolute atomic E-state index is 12.7. The van der Waals surface area contributed by atoms with E-state index in [1.165, 1.54) is 0 Å². The molecule has 0 aliphatic heterocycles. The number of aromatic nitrogens is 4. The van der Waals surface area contributed by atoms with Gasteiger partial charge in [0.15, 0.2) is 5.82 Å². The zero-order valence-corrected chi connectivity index (χ0v) is 14.3. The summed E-state index contributed by atoms with van der Waals surface area (Å²) in [4.78, 5) is 22.9. The van der Waals surface area contributed by atoms with Crippen molar-refractivity contribution in [2.24, 2.45) is 0 Å². The van der Waals surface area contributed by atoms with Crippen molar-refractivity contribution in [3.8, 4) is 0 Å². The van der Waals surface area contributed by atoms with Crippen LogP contribution in [-0.4, -0.2) is 36.7 Å². The highest BCUT2D eigenvalue weighted by atomic mass is 16.2. The molecule has 1 aliphatic rings. The highest BCUT2D eigenvalue weighted by molar-refractivity contribution is 5.88. The first-order valence-electron chi connectivity index (χ1n) is 8.68. The average molecular weight is 348 g/mol. The van der Waals surface area contributed by atoms with Gasteiger partial charge in [-0.1, -0.05) is 6.07 Å². The fraction of sp³-hybridized carbons (Fsp3) is 0.263. The molecule has 7 nitrogen and oxygen atoms in total. The number of carbonyl (C=O) groups excluding carboxylic acids is 1. The van der Waals surface area contributed by atoms with Crippen LogP contribution in [0.2, 0.25) is 0 Å². The van der Waals surface area contributed by atoms with Gasteiger partial charge in [0.1, 0.15) is 0 Å². The second-order valence-electron chi connectivity index (χ2n) is 6.36. The monoisotopic (exact) mass is 348 g/mol. The summed E-state index contributed by atoms with van der Waals surface area (Å²) >= 11 is 0. The summed E-state index contributed by atoms with van der Waals surface area (Å²) in [6.45, 7) is 1.15. The lowest BCUT2D eigenvalue weighted by molar-refractivity contribution is 0.206. The minimum absolute atomic E-state index is 0.118. The zero-order valence-electron chi connectivity index (χ0n) is 14.3. The topological polar surface area (TPSA) is 75.9 Å². The Morgan fingerprint density at radius 3 is 2.73 bits per heavy atom. The average Bonchev–Trinajstić information content (AvgIpc) is 3.42. The highest BCUT2D eigenvalue weighted by Crippen LogP contribution is 2.28. The number of amides is 2. The van der Waals surface area contributed by atoms with Crippen LogP contribution < -0.4 is 5.32 Å². The Morgan fingerprint density at radius 2 is 2.00 bits per heavy atom. The molecular weight excluding hydrogens is 328 g/mol. The van der Waals surface area contributed by atoms with E-state index in [0.29, 0.717) is 24.9 Å². The number of rotatable bonds is 6. The normalized spacial score (nSPS) is 13.4. The van der Waals surface area contributed by atoms with E-state index in [-0.39, 0.29) is 6.03 Å². The summed E-state index contributed by atoms with van der Waals surface area (Å²) < 4.78 is 1.77. The number of pyridine rings is 2. The van der Waals surface area contributed by atoms with Gasteiger partial charge in [-0.3, -0.25) is 20.0 Å². The van der Waals surface area contributed by atoms with E-state index in [1.807, 2.05) is 41.4 Å². The Bertz CT molecular complexity index is 860. The van der Waals surface area contributed by atoms with Crippen LogP contribution in [0, 0.1) is 0 Å². The minimum atomic E-state index is -0.118. The SMILES string of the molecule is O=C(Nc1ccn(Cc2ccccn2)n1)N(Cc1ccncc1)C1CC1. The van der Waals surface area contributed by atoms with Crippen molar-refractivity contribution in [1.82, 2.24) is 24.6 Å². The molecule has 4 rings (SSSR count). The molecule has 0 aromatic carbocycles. The number of nitrogens with one attached hydrogen (secondary N) is 1. The first-order valence-corrected chi connectivity index (χ1v) is 8.68. The standard InChI is InChI=1S/C19H20N6O/c26-19(25(17-4-5-17)13-15-6-10-20-11-7-15)22-18-8-12-24(23-18)14-16-3-1-2-9-21-16/h1-3,6-12,17H,4-5,13-14H2,(H,22,23,26). The van der Waals surface area contributed by atoms with Gasteiger partial charge in [-0.25, -0.2) is 4.79 Å². The van der Waals surface area contributed by atoms with Crippen molar-refractivity contribution in [2.45, 2.75) is 32.0 Å². The quantitative estimate of drug-likeness (QED) is 0.743. The molecule has 26 heavy (non-hydrogen) atoms. The summed E-state index contributed by atoms with van der Waals surface area (Å²) in [6, 6.07) is 11.6. The van der Waals surface area contributed by atoms with Gasteiger partial charge in [0.05, 0.1) is 12.2 Å². The Morgan fingerprint density at radius 1 is 1.15 bits per heavy atom. The highest BCUT2D eigenvalue weighted by Gasteiger charge is 2.32. The van der Waals surface area contributed by atoms with Crippen LogP contribution in [0.3, 0.4) is 0 Å². The number of hydrogen-bond donors (Lipinski definition) is 1. The summed E-state index contributed by atoms with van der Waals surface area (Å²) in [5, 5.41) is 7.33. The second-order valence-corrected chi connectivity index (χ2v) is 6.36. The third-order valence-electron chi connectivity index (χ3n) is 4.28. The van der Waals surface area contributed by atoms with E-state index in [0.717, 1.165) is 24.1 Å². The molecule has 3 aromatic heterocycles. The van der Waals surface area contributed by atoms with Crippen LogP contribution in [-0.2, 0) is 13.1 Å². The van der Waals surface area contributed by atoms with E-state index in [9.17, 15) is 4.79 Å². The first-order chi connectivity index (χ1) is 12.8. The molecular formula is C19H20N6O. The van der Waals surface area contributed by atoms with Gasteiger partial charge >= 0.3 is 6.03 Å². The van der Waals surface area contributed by atoms with Crippen LogP contribution in [0.4, 0.5) is 10.6 Å². The second kappa shape index (κ2) is 7.35. The molecule has 0 unspecified atom stereocenters. The van der Waals surface area contributed by atoms with E-state index < -0.39 is 0 Å². The molecule has 2 amide bonds. The molecule has 0 spiro atoms. The molecule has 0 bridgehead atoms. The summed E-state index contributed by atoms with van der Waals surface area (Å²) in [5.41, 5.74) is 1.99. The molecule has 3 heterocycles. The van der Waals surface area contributed by atoms with Gasteiger partial charge in [0, 0.05) is 43.4 Å². The molecule has 1 N–H and O–H groups in total. The lowest BCUT2D eigenvalue weighted by Gasteiger charge is -2.22. The molecule has 1 fully saturated rings. The van der Waals surface area contributed by atoms with Gasteiger partial charge in [0.25, 0.3) is 0 Å².